The molecule has 0 aromatic heterocycles. The van der Waals surface area contributed by atoms with Gasteiger partial charge in [-0.1, -0.05) is 37.3 Å². The minimum absolute atomic E-state index is 0.0391. The average Bonchev–Trinajstić information content (AvgIpc) is 2.99. The van der Waals surface area contributed by atoms with Gasteiger partial charge < -0.3 is 16.0 Å². The monoisotopic (exact) mass is 309 g/mol. The summed E-state index contributed by atoms with van der Waals surface area (Å²) in [6, 6.07) is 17.6. The minimum Gasteiger partial charge on any atom is -0.355 e. The first-order valence-electron chi connectivity index (χ1n) is 8.02. The number of hydrogen-bond acceptors (Lipinski definition) is 3. The van der Waals surface area contributed by atoms with Gasteiger partial charge in [-0.25, -0.2) is 0 Å². The van der Waals surface area contributed by atoms with Crippen LogP contribution in [0.25, 0.3) is 0 Å². The predicted octanol–water partition coefficient (Wildman–Crippen LogP) is 3.24. The summed E-state index contributed by atoms with van der Waals surface area (Å²) >= 11 is 0. The summed E-state index contributed by atoms with van der Waals surface area (Å²) < 4.78 is 0. The van der Waals surface area contributed by atoms with Gasteiger partial charge in [0.1, 0.15) is 0 Å². The first kappa shape index (κ1) is 15.6. The van der Waals surface area contributed by atoms with Gasteiger partial charge in [0.25, 0.3) is 5.91 Å². The second-order valence-corrected chi connectivity index (χ2v) is 6.53. The molecule has 1 unspecified atom stereocenters. The zero-order chi connectivity index (χ0) is 16.3. The minimum atomic E-state index is 0.0391. The number of benzene rings is 2. The summed E-state index contributed by atoms with van der Waals surface area (Å²) in [6.07, 6.45) is 0.962. The van der Waals surface area contributed by atoms with E-state index >= 15 is 0 Å². The number of hydrogen-bond donors (Lipinski definition) is 2. The first-order chi connectivity index (χ1) is 11.1. The molecule has 3 N–H and O–H groups in total. The highest BCUT2D eigenvalue weighted by molar-refractivity contribution is 6.00. The zero-order valence-electron chi connectivity index (χ0n) is 13.5. The molecule has 1 aliphatic rings. The quantitative estimate of drug-likeness (QED) is 0.911. The summed E-state index contributed by atoms with van der Waals surface area (Å²) in [7, 11) is 0. The third-order valence-electron chi connectivity index (χ3n) is 4.55. The maximum atomic E-state index is 12.9. The van der Waals surface area contributed by atoms with Crippen LogP contribution in [0.15, 0.2) is 54.6 Å². The fraction of sp³-hybridized carbons (Fsp3) is 0.316. The van der Waals surface area contributed by atoms with E-state index in [1.54, 1.807) is 0 Å². The second kappa shape index (κ2) is 6.42. The van der Waals surface area contributed by atoms with Crippen molar-refractivity contribution >= 4 is 17.3 Å². The third-order valence-corrected chi connectivity index (χ3v) is 4.55. The third kappa shape index (κ3) is 3.37. The Labute approximate surface area is 137 Å². The van der Waals surface area contributed by atoms with E-state index in [1.165, 1.54) is 0 Å². The number of nitrogens with two attached hydrogens (primary N) is 1. The van der Waals surface area contributed by atoms with Gasteiger partial charge in [-0.2, -0.15) is 0 Å². The Bertz CT molecular complexity index is 686. The molecule has 3 rings (SSSR count). The lowest BCUT2D eigenvalue weighted by atomic mass is 9.90. The van der Waals surface area contributed by atoms with Crippen LogP contribution in [0.4, 0.5) is 11.4 Å². The van der Waals surface area contributed by atoms with E-state index in [9.17, 15) is 4.79 Å². The lowest BCUT2D eigenvalue weighted by molar-refractivity contribution is 0.0778. The van der Waals surface area contributed by atoms with Crippen molar-refractivity contribution in [2.24, 2.45) is 11.1 Å². The number of carbonyl (C=O) groups excluding carboxylic acids is 1. The van der Waals surface area contributed by atoms with Crippen LogP contribution in [-0.4, -0.2) is 30.4 Å². The molecule has 0 saturated carbocycles. The van der Waals surface area contributed by atoms with Crippen LogP contribution in [0.1, 0.15) is 23.7 Å². The van der Waals surface area contributed by atoms with E-state index < -0.39 is 0 Å². The second-order valence-electron chi connectivity index (χ2n) is 6.53. The average molecular weight is 309 g/mol. The molecule has 1 fully saturated rings. The van der Waals surface area contributed by atoms with E-state index in [0.717, 1.165) is 30.9 Å². The van der Waals surface area contributed by atoms with E-state index in [2.05, 4.69) is 12.2 Å². The number of amides is 1. The molecule has 120 valence electrons. The maximum absolute atomic E-state index is 12.9. The standard InChI is InChI=1S/C19H23N3O/c1-19(13-20)11-12-22(14-19)18(23)16-9-5-6-10-17(16)21-15-7-3-2-4-8-15/h2-10,21H,11-14,20H2,1H3. The topological polar surface area (TPSA) is 58.4 Å². The molecular formula is C19H23N3O. The Hall–Kier alpha value is -2.33. The number of rotatable bonds is 4. The molecule has 4 heteroatoms. The number of nitrogens with one attached hydrogen (secondary N) is 1. The van der Waals surface area contributed by atoms with Crippen molar-refractivity contribution in [3.8, 4) is 0 Å². The van der Waals surface area contributed by atoms with Crippen molar-refractivity contribution < 1.29 is 4.79 Å². The number of para-hydroxylation sites is 2. The molecule has 23 heavy (non-hydrogen) atoms. The van der Waals surface area contributed by atoms with Gasteiger partial charge in [0.15, 0.2) is 0 Å². The largest absolute Gasteiger partial charge is 0.355 e. The van der Waals surface area contributed by atoms with Crippen LogP contribution in [0.2, 0.25) is 0 Å². The van der Waals surface area contributed by atoms with Crippen molar-refractivity contribution in [1.82, 2.24) is 4.90 Å². The summed E-state index contributed by atoms with van der Waals surface area (Å²) in [6.45, 7) is 4.25. The first-order valence-corrected chi connectivity index (χ1v) is 8.02. The van der Waals surface area contributed by atoms with Gasteiger partial charge in [0.2, 0.25) is 0 Å². The van der Waals surface area contributed by atoms with Crippen LogP contribution in [-0.2, 0) is 0 Å². The molecule has 4 nitrogen and oxygen atoms in total. The molecule has 1 heterocycles. The van der Waals surface area contributed by atoms with E-state index in [-0.39, 0.29) is 11.3 Å². The SMILES string of the molecule is CC1(CN)CCN(C(=O)c2ccccc2Nc2ccccc2)C1. The van der Waals surface area contributed by atoms with Crippen molar-refractivity contribution in [1.29, 1.82) is 0 Å². The Morgan fingerprint density at radius 2 is 1.87 bits per heavy atom. The lowest BCUT2D eigenvalue weighted by Crippen LogP contribution is -2.34. The predicted molar refractivity (Wildman–Crippen MR) is 93.8 cm³/mol. The van der Waals surface area contributed by atoms with Crippen LogP contribution < -0.4 is 11.1 Å². The van der Waals surface area contributed by atoms with E-state index in [0.29, 0.717) is 12.1 Å². The number of carbonyl (C=O) groups is 1. The normalized spacial score (nSPS) is 20.5. The van der Waals surface area contributed by atoms with E-state index in [4.69, 9.17) is 5.73 Å². The number of likely N-dealkylation sites (tertiary alicyclic amines) is 1. The lowest BCUT2D eigenvalue weighted by Gasteiger charge is -2.23. The maximum Gasteiger partial charge on any atom is 0.255 e. The summed E-state index contributed by atoms with van der Waals surface area (Å²) in [5, 5.41) is 3.34. The smallest absolute Gasteiger partial charge is 0.255 e. The fourth-order valence-corrected chi connectivity index (χ4v) is 2.99. The molecule has 1 atom stereocenters. The molecule has 0 aliphatic carbocycles. The van der Waals surface area contributed by atoms with Gasteiger partial charge in [0, 0.05) is 18.8 Å². The highest BCUT2D eigenvalue weighted by atomic mass is 16.2. The van der Waals surface area contributed by atoms with Crippen molar-refractivity contribution in [3.05, 3.63) is 60.2 Å². The molecule has 1 amide bonds. The van der Waals surface area contributed by atoms with Crippen molar-refractivity contribution in [3.63, 3.8) is 0 Å². The van der Waals surface area contributed by atoms with E-state index in [1.807, 2.05) is 59.5 Å². The molecule has 0 bridgehead atoms. The molecule has 1 aliphatic heterocycles. The van der Waals surface area contributed by atoms with Gasteiger partial charge in [-0.05, 0) is 42.6 Å². The summed E-state index contributed by atoms with van der Waals surface area (Å²) in [5.74, 6) is 0.0706. The fourth-order valence-electron chi connectivity index (χ4n) is 2.99. The summed E-state index contributed by atoms with van der Waals surface area (Å²) in [5.41, 5.74) is 8.41. The Morgan fingerprint density at radius 3 is 2.57 bits per heavy atom. The number of anilines is 2. The Morgan fingerprint density at radius 1 is 1.17 bits per heavy atom. The Balaban J connectivity index is 1.82. The van der Waals surface area contributed by atoms with Crippen LogP contribution in [0.3, 0.4) is 0 Å². The van der Waals surface area contributed by atoms with Crippen LogP contribution in [0, 0.1) is 5.41 Å². The molecule has 0 spiro atoms. The highest BCUT2D eigenvalue weighted by Crippen LogP contribution is 2.31. The van der Waals surface area contributed by atoms with Gasteiger partial charge in [-0.3, -0.25) is 4.79 Å². The molecule has 1 saturated heterocycles. The zero-order valence-corrected chi connectivity index (χ0v) is 13.5. The summed E-state index contributed by atoms with van der Waals surface area (Å²) in [4.78, 5) is 14.8. The highest BCUT2D eigenvalue weighted by Gasteiger charge is 2.35. The number of nitrogens with zero attached hydrogens (tertiary/aromatic N) is 1. The van der Waals surface area contributed by atoms with Gasteiger partial charge in [-0.15, -0.1) is 0 Å². The molecular weight excluding hydrogens is 286 g/mol. The van der Waals surface area contributed by atoms with Crippen LogP contribution >= 0.6 is 0 Å². The Kier molecular flexibility index (Phi) is 4.35. The van der Waals surface area contributed by atoms with Crippen molar-refractivity contribution in [2.45, 2.75) is 13.3 Å². The molecule has 0 radical (unpaired) electrons. The van der Waals surface area contributed by atoms with Crippen molar-refractivity contribution in [2.75, 3.05) is 25.0 Å². The molecule has 2 aromatic rings. The van der Waals surface area contributed by atoms with Gasteiger partial charge >= 0.3 is 0 Å². The molecule has 2 aromatic carbocycles. The van der Waals surface area contributed by atoms with Crippen LogP contribution in [0.5, 0.6) is 0 Å². The van der Waals surface area contributed by atoms with Gasteiger partial charge in [0.05, 0.1) is 11.3 Å².